The van der Waals surface area contributed by atoms with Crippen LogP contribution in [0.3, 0.4) is 0 Å². The fourth-order valence-electron chi connectivity index (χ4n) is 1.90. The van der Waals surface area contributed by atoms with E-state index in [4.69, 9.17) is 0 Å². The Hall–Kier alpha value is -2.09. The summed E-state index contributed by atoms with van der Waals surface area (Å²) in [6, 6.07) is 6.57. The highest BCUT2D eigenvalue weighted by Crippen LogP contribution is 2.28. The number of rotatable bonds is 3. The Morgan fingerprint density at radius 3 is 2.57 bits per heavy atom. The highest BCUT2D eigenvalue weighted by Gasteiger charge is 2.31. The number of halogens is 4. The number of benzene rings is 1. The van der Waals surface area contributed by atoms with E-state index in [1.54, 1.807) is 18.2 Å². The number of nitrogens with one attached hydrogen (secondary N) is 1. The van der Waals surface area contributed by atoms with Crippen LogP contribution in [0.4, 0.5) is 18.9 Å². The van der Waals surface area contributed by atoms with Gasteiger partial charge in [-0.15, -0.1) is 0 Å². The van der Waals surface area contributed by atoms with Crippen molar-refractivity contribution in [2.24, 2.45) is 0 Å². The summed E-state index contributed by atoms with van der Waals surface area (Å²) in [5, 5.41) is 2.54. The second-order valence-corrected chi connectivity index (χ2v) is 5.75. The third kappa shape index (κ3) is 4.44. The number of alkyl halides is 3. The molecule has 0 aliphatic heterocycles. The molecule has 0 unspecified atom stereocenters. The van der Waals surface area contributed by atoms with Crippen molar-refractivity contribution in [1.29, 1.82) is 0 Å². The molecule has 8 heteroatoms. The minimum absolute atomic E-state index is 0.496. The van der Waals surface area contributed by atoms with Gasteiger partial charge in [0, 0.05) is 22.4 Å². The van der Waals surface area contributed by atoms with Gasteiger partial charge in [-0.2, -0.15) is 13.2 Å². The maximum absolute atomic E-state index is 12.6. The molecule has 0 fully saturated rings. The number of pyridine rings is 1. The number of hydrogen-bond acceptors (Lipinski definition) is 2. The largest absolute Gasteiger partial charge is 0.417 e. The van der Waals surface area contributed by atoms with Gasteiger partial charge in [0.25, 0.3) is 5.56 Å². The van der Waals surface area contributed by atoms with Crippen LogP contribution in [0.2, 0.25) is 0 Å². The van der Waals surface area contributed by atoms with Crippen molar-refractivity contribution >= 4 is 27.5 Å². The van der Waals surface area contributed by atoms with Crippen molar-refractivity contribution in [3.63, 3.8) is 0 Å². The number of aryl methyl sites for hydroxylation is 1. The van der Waals surface area contributed by atoms with E-state index in [9.17, 15) is 22.8 Å². The molecule has 1 heterocycles. The van der Waals surface area contributed by atoms with Crippen LogP contribution in [0.5, 0.6) is 0 Å². The summed E-state index contributed by atoms with van der Waals surface area (Å²) in [5.41, 5.74) is -0.278. The molecule has 0 atom stereocenters. The number of carbonyl (C=O) groups excluding carboxylic acids is 1. The molecule has 0 aliphatic carbocycles. The summed E-state index contributed by atoms with van der Waals surface area (Å²) in [6.07, 6.45) is -3.94. The molecule has 0 spiro atoms. The molecule has 4 nitrogen and oxygen atoms in total. The van der Waals surface area contributed by atoms with E-state index < -0.39 is 29.8 Å². The summed E-state index contributed by atoms with van der Waals surface area (Å²) in [6.45, 7) is 1.33. The predicted octanol–water partition coefficient (Wildman–Crippen LogP) is 3.58. The smallest absolute Gasteiger partial charge is 0.325 e. The third-order valence-electron chi connectivity index (χ3n) is 3.07. The standard InChI is InChI=1S/C15H12BrF3N2O2/c1-9-6-11(3-4-12(9)16)20-13(22)8-21-7-10(15(17,18)19)2-5-14(21)23/h2-7H,8H2,1H3,(H,20,22). The fraction of sp³-hybridized carbons (Fsp3) is 0.200. The van der Waals surface area contributed by atoms with Crippen molar-refractivity contribution in [3.05, 3.63) is 62.5 Å². The molecule has 0 saturated carbocycles. The summed E-state index contributed by atoms with van der Waals surface area (Å²) < 4.78 is 39.5. The van der Waals surface area contributed by atoms with E-state index in [-0.39, 0.29) is 0 Å². The average Bonchev–Trinajstić information content (AvgIpc) is 2.44. The van der Waals surface area contributed by atoms with Crippen molar-refractivity contribution in [2.45, 2.75) is 19.6 Å². The minimum atomic E-state index is -4.57. The molecular weight excluding hydrogens is 377 g/mol. The van der Waals surface area contributed by atoms with E-state index in [0.717, 1.165) is 20.7 Å². The van der Waals surface area contributed by atoms with Gasteiger partial charge >= 0.3 is 6.18 Å². The first-order valence-corrected chi connectivity index (χ1v) is 7.30. The number of amides is 1. The maximum Gasteiger partial charge on any atom is 0.417 e. The van der Waals surface area contributed by atoms with Crippen LogP contribution in [0, 0.1) is 6.92 Å². The first-order valence-electron chi connectivity index (χ1n) is 6.50. The molecule has 0 bridgehead atoms. The molecule has 1 aromatic heterocycles. The summed E-state index contributed by atoms with van der Waals surface area (Å²) in [7, 11) is 0. The Bertz CT molecular complexity index is 800. The highest BCUT2D eigenvalue weighted by atomic mass is 79.9. The van der Waals surface area contributed by atoms with Gasteiger partial charge in [-0.05, 0) is 36.8 Å². The highest BCUT2D eigenvalue weighted by molar-refractivity contribution is 9.10. The van der Waals surface area contributed by atoms with Gasteiger partial charge in [-0.1, -0.05) is 15.9 Å². The molecule has 0 saturated heterocycles. The average molecular weight is 389 g/mol. The van der Waals surface area contributed by atoms with E-state index in [1.165, 1.54) is 0 Å². The van der Waals surface area contributed by atoms with E-state index in [0.29, 0.717) is 18.0 Å². The molecule has 1 amide bonds. The quantitative estimate of drug-likeness (QED) is 0.873. The van der Waals surface area contributed by atoms with Crippen molar-refractivity contribution < 1.29 is 18.0 Å². The first kappa shape index (κ1) is 17.3. The van der Waals surface area contributed by atoms with Gasteiger partial charge in [-0.3, -0.25) is 9.59 Å². The fourth-order valence-corrected chi connectivity index (χ4v) is 2.15. The number of nitrogens with zero attached hydrogens (tertiary/aromatic N) is 1. The topological polar surface area (TPSA) is 51.1 Å². The molecule has 0 aliphatic rings. The normalized spacial score (nSPS) is 11.3. The molecule has 2 aromatic rings. The Morgan fingerprint density at radius 1 is 1.26 bits per heavy atom. The Balaban J connectivity index is 2.17. The lowest BCUT2D eigenvalue weighted by Gasteiger charge is -2.11. The summed E-state index contributed by atoms with van der Waals surface area (Å²) >= 11 is 3.32. The molecule has 0 radical (unpaired) electrons. The monoisotopic (exact) mass is 388 g/mol. The number of aromatic nitrogens is 1. The second-order valence-electron chi connectivity index (χ2n) is 4.89. The van der Waals surface area contributed by atoms with Crippen LogP contribution < -0.4 is 10.9 Å². The number of hydrogen-bond donors (Lipinski definition) is 1. The van der Waals surface area contributed by atoms with Gasteiger partial charge in [0.05, 0.1) is 5.56 Å². The van der Waals surface area contributed by atoms with Gasteiger partial charge in [-0.25, -0.2) is 0 Å². The van der Waals surface area contributed by atoms with Crippen LogP contribution in [-0.2, 0) is 17.5 Å². The first-order chi connectivity index (χ1) is 10.7. The van der Waals surface area contributed by atoms with Crippen LogP contribution in [0.25, 0.3) is 0 Å². The third-order valence-corrected chi connectivity index (χ3v) is 3.96. The molecule has 1 aromatic carbocycles. The SMILES string of the molecule is Cc1cc(NC(=O)Cn2cc(C(F)(F)F)ccc2=O)ccc1Br. The molecule has 122 valence electrons. The number of carbonyl (C=O) groups is 1. The zero-order chi connectivity index (χ0) is 17.2. The Kier molecular flexibility index (Phi) is 4.93. The Morgan fingerprint density at radius 2 is 1.96 bits per heavy atom. The van der Waals surface area contributed by atoms with Gasteiger partial charge in [0.1, 0.15) is 6.54 Å². The molecule has 23 heavy (non-hydrogen) atoms. The lowest BCUT2D eigenvalue weighted by atomic mass is 10.2. The van der Waals surface area contributed by atoms with Crippen LogP contribution in [0.1, 0.15) is 11.1 Å². The van der Waals surface area contributed by atoms with E-state index >= 15 is 0 Å². The van der Waals surface area contributed by atoms with Gasteiger partial charge < -0.3 is 9.88 Å². The van der Waals surface area contributed by atoms with E-state index in [2.05, 4.69) is 21.2 Å². The van der Waals surface area contributed by atoms with Crippen LogP contribution >= 0.6 is 15.9 Å². The number of anilines is 1. The predicted molar refractivity (Wildman–Crippen MR) is 83.2 cm³/mol. The molecule has 1 N–H and O–H groups in total. The van der Waals surface area contributed by atoms with E-state index in [1.807, 2.05) is 6.92 Å². The van der Waals surface area contributed by atoms with Crippen LogP contribution in [-0.4, -0.2) is 10.5 Å². The zero-order valence-corrected chi connectivity index (χ0v) is 13.5. The second kappa shape index (κ2) is 6.57. The lowest BCUT2D eigenvalue weighted by Crippen LogP contribution is -2.28. The van der Waals surface area contributed by atoms with Crippen molar-refractivity contribution in [3.8, 4) is 0 Å². The Labute approximate surface area is 138 Å². The summed E-state index contributed by atoms with van der Waals surface area (Å²) in [5.74, 6) is -0.590. The zero-order valence-electron chi connectivity index (χ0n) is 11.9. The molecule has 2 rings (SSSR count). The van der Waals surface area contributed by atoms with Gasteiger partial charge in [0.2, 0.25) is 5.91 Å². The lowest BCUT2D eigenvalue weighted by molar-refractivity contribution is -0.138. The van der Waals surface area contributed by atoms with Crippen molar-refractivity contribution in [2.75, 3.05) is 5.32 Å². The van der Waals surface area contributed by atoms with Gasteiger partial charge in [0.15, 0.2) is 0 Å². The maximum atomic E-state index is 12.6. The minimum Gasteiger partial charge on any atom is -0.325 e. The van der Waals surface area contributed by atoms with Crippen LogP contribution in [0.15, 0.2) is 45.8 Å². The van der Waals surface area contributed by atoms with Crippen molar-refractivity contribution in [1.82, 2.24) is 4.57 Å². The summed E-state index contributed by atoms with van der Waals surface area (Å²) in [4.78, 5) is 23.5. The molecular formula is C15H12BrF3N2O2.